The van der Waals surface area contributed by atoms with Gasteiger partial charge < -0.3 is 14.7 Å². The number of benzene rings is 1. The number of urea groups is 1. The van der Waals surface area contributed by atoms with E-state index in [1.54, 1.807) is 11.9 Å². The Morgan fingerprint density at radius 3 is 2.68 bits per heavy atom. The maximum absolute atomic E-state index is 12.2. The molecule has 2 amide bonds. The first-order valence-corrected chi connectivity index (χ1v) is 7.56. The number of aryl methyl sites for hydroxylation is 1. The first-order valence-electron chi connectivity index (χ1n) is 7.56. The highest BCUT2D eigenvalue weighted by Gasteiger charge is 2.44. The number of rotatable bonds is 5. The zero-order valence-electron chi connectivity index (χ0n) is 13.0. The Balaban J connectivity index is 1.54. The number of carbonyl (C=O) groups excluding carboxylic acids is 1. The monoisotopic (exact) mass is 299 g/mol. The Kier molecular flexibility index (Phi) is 3.88. The van der Waals surface area contributed by atoms with Crippen molar-refractivity contribution in [3.05, 3.63) is 53.4 Å². The van der Waals surface area contributed by atoms with E-state index >= 15 is 0 Å². The van der Waals surface area contributed by atoms with Crippen LogP contribution in [0.15, 0.2) is 40.9 Å². The third-order valence-corrected chi connectivity index (χ3v) is 4.24. The van der Waals surface area contributed by atoms with Crippen LogP contribution in [-0.4, -0.2) is 29.7 Å². The lowest BCUT2D eigenvalue weighted by Crippen LogP contribution is -2.40. The number of hydrogen-bond acceptors (Lipinski definition) is 3. The molecule has 1 aliphatic rings. The number of aromatic nitrogens is 1. The van der Waals surface area contributed by atoms with E-state index in [0.29, 0.717) is 13.1 Å². The molecule has 116 valence electrons. The van der Waals surface area contributed by atoms with Gasteiger partial charge in [0.1, 0.15) is 11.5 Å². The number of carbonyl (C=O) groups is 1. The van der Waals surface area contributed by atoms with Crippen LogP contribution in [0.2, 0.25) is 0 Å². The first-order chi connectivity index (χ1) is 10.6. The standard InChI is InChI=1S/C17H21N3O2/c1-13-10-15(19-22-13)11-20(2)16(21)18-12-17(8-9-17)14-6-4-3-5-7-14/h3-7,10H,8-9,11-12H2,1-2H3,(H,18,21). The molecule has 0 saturated heterocycles. The molecular formula is C17H21N3O2. The van der Waals surface area contributed by atoms with Crippen LogP contribution in [0.3, 0.4) is 0 Å². The van der Waals surface area contributed by atoms with Crippen molar-refractivity contribution in [3.8, 4) is 0 Å². The van der Waals surface area contributed by atoms with Gasteiger partial charge in [-0.1, -0.05) is 35.5 Å². The van der Waals surface area contributed by atoms with Gasteiger partial charge in [-0.2, -0.15) is 0 Å². The number of nitrogens with one attached hydrogen (secondary N) is 1. The summed E-state index contributed by atoms with van der Waals surface area (Å²) in [6.07, 6.45) is 2.26. The van der Waals surface area contributed by atoms with Gasteiger partial charge in [0.15, 0.2) is 0 Å². The van der Waals surface area contributed by atoms with E-state index in [4.69, 9.17) is 4.52 Å². The van der Waals surface area contributed by atoms with Crippen LogP contribution >= 0.6 is 0 Å². The SMILES string of the molecule is Cc1cc(CN(C)C(=O)NCC2(c3ccccc3)CC2)no1. The van der Waals surface area contributed by atoms with Gasteiger partial charge in [-0.15, -0.1) is 0 Å². The highest BCUT2D eigenvalue weighted by molar-refractivity contribution is 5.74. The topological polar surface area (TPSA) is 58.4 Å². The summed E-state index contributed by atoms with van der Waals surface area (Å²) in [7, 11) is 1.77. The first kappa shape index (κ1) is 14.6. The molecule has 0 atom stereocenters. The van der Waals surface area contributed by atoms with Crippen molar-refractivity contribution < 1.29 is 9.32 Å². The lowest BCUT2D eigenvalue weighted by Gasteiger charge is -2.20. The van der Waals surface area contributed by atoms with Crippen LogP contribution in [0.5, 0.6) is 0 Å². The number of nitrogens with zero attached hydrogens (tertiary/aromatic N) is 2. The second-order valence-electron chi connectivity index (χ2n) is 6.09. The minimum Gasteiger partial charge on any atom is -0.361 e. The van der Waals surface area contributed by atoms with E-state index < -0.39 is 0 Å². The maximum atomic E-state index is 12.2. The molecule has 0 radical (unpaired) electrons. The van der Waals surface area contributed by atoms with Gasteiger partial charge >= 0.3 is 6.03 Å². The Hall–Kier alpha value is -2.30. The molecule has 5 heteroatoms. The molecule has 1 fully saturated rings. The summed E-state index contributed by atoms with van der Waals surface area (Å²) in [5.74, 6) is 0.754. The largest absolute Gasteiger partial charge is 0.361 e. The van der Waals surface area contributed by atoms with Gasteiger partial charge in [0.05, 0.1) is 6.54 Å². The highest BCUT2D eigenvalue weighted by atomic mass is 16.5. The zero-order chi connectivity index (χ0) is 15.6. The Bertz CT molecular complexity index is 647. The summed E-state index contributed by atoms with van der Waals surface area (Å²) in [6, 6.07) is 12.2. The molecule has 0 aliphatic heterocycles. The van der Waals surface area contributed by atoms with Crippen molar-refractivity contribution in [2.75, 3.05) is 13.6 Å². The van der Waals surface area contributed by atoms with Crippen LogP contribution < -0.4 is 5.32 Å². The van der Waals surface area contributed by atoms with Crippen molar-refractivity contribution >= 4 is 6.03 Å². The third-order valence-electron chi connectivity index (χ3n) is 4.24. The average Bonchev–Trinajstić information content (AvgIpc) is 3.22. The molecule has 5 nitrogen and oxygen atoms in total. The molecular weight excluding hydrogens is 278 g/mol. The molecule has 0 bridgehead atoms. The highest BCUT2D eigenvalue weighted by Crippen LogP contribution is 2.47. The molecule has 2 aromatic rings. The fourth-order valence-corrected chi connectivity index (χ4v) is 2.70. The molecule has 22 heavy (non-hydrogen) atoms. The van der Waals surface area contributed by atoms with E-state index in [-0.39, 0.29) is 11.4 Å². The van der Waals surface area contributed by atoms with Gasteiger partial charge in [-0.25, -0.2) is 4.79 Å². The molecule has 1 aromatic carbocycles. The molecule has 3 rings (SSSR count). The Labute approximate surface area is 130 Å². The summed E-state index contributed by atoms with van der Waals surface area (Å²) in [5.41, 5.74) is 2.20. The Morgan fingerprint density at radius 1 is 1.36 bits per heavy atom. The van der Waals surface area contributed by atoms with E-state index in [2.05, 4.69) is 34.7 Å². The zero-order valence-corrected chi connectivity index (χ0v) is 13.0. The van der Waals surface area contributed by atoms with Gasteiger partial charge in [0, 0.05) is 25.1 Å². The van der Waals surface area contributed by atoms with Crippen LogP contribution in [0, 0.1) is 6.92 Å². The van der Waals surface area contributed by atoms with Crippen molar-refractivity contribution in [1.82, 2.24) is 15.4 Å². The Morgan fingerprint density at radius 2 is 2.09 bits per heavy atom. The van der Waals surface area contributed by atoms with Crippen LogP contribution in [0.25, 0.3) is 0 Å². The number of amides is 2. The van der Waals surface area contributed by atoms with Crippen LogP contribution in [0.1, 0.15) is 29.9 Å². The smallest absolute Gasteiger partial charge is 0.317 e. The molecule has 1 aliphatic carbocycles. The summed E-state index contributed by atoms with van der Waals surface area (Å²) in [4.78, 5) is 13.8. The average molecular weight is 299 g/mol. The quantitative estimate of drug-likeness (QED) is 0.923. The summed E-state index contributed by atoms with van der Waals surface area (Å²) >= 11 is 0. The summed E-state index contributed by atoms with van der Waals surface area (Å²) < 4.78 is 5.02. The maximum Gasteiger partial charge on any atom is 0.317 e. The molecule has 0 spiro atoms. The van der Waals surface area contributed by atoms with Crippen LogP contribution in [0.4, 0.5) is 4.79 Å². The lowest BCUT2D eigenvalue weighted by atomic mass is 9.96. The fraction of sp³-hybridized carbons (Fsp3) is 0.412. The minimum absolute atomic E-state index is 0.0807. The van der Waals surface area contributed by atoms with Gasteiger partial charge in [0.25, 0.3) is 0 Å². The predicted octanol–water partition coefficient (Wildman–Crippen LogP) is 2.86. The molecule has 1 saturated carbocycles. The normalized spacial score (nSPS) is 15.4. The van der Waals surface area contributed by atoms with Gasteiger partial charge in [-0.05, 0) is 25.3 Å². The summed E-state index contributed by atoms with van der Waals surface area (Å²) in [6.45, 7) is 2.97. The molecule has 1 aromatic heterocycles. The van der Waals surface area contributed by atoms with Crippen molar-refractivity contribution in [1.29, 1.82) is 0 Å². The fourth-order valence-electron chi connectivity index (χ4n) is 2.70. The predicted molar refractivity (Wildman–Crippen MR) is 83.5 cm³/mol. The van der Waals surface area contributed by atoms with E-state index in [0.717, 1.165) is 24.3 Å². The lowest BCUT2D eigenvalue weighted by molar-refractivity contribution is 0.204. The van der Waals surface area contributed by atoms with Crippen molar-refractivity contribution in [3.63, 3.8) is 0 Å². The molecule has 0 unspecified atom stereocenters. The van der Waals surface area contributed by atoms with Gasteiger partial charge in [-0.3, -0.25) is 0 Å². The third kappa shape index (κ3) is 3.13. The van der Waals surface area contributed by atoms with E-state index in [9.17, 15) is 4.79 Å². The van der Waals surface area contributed by atoms with E-state index in [1.807, 2.05) is 19.1 Å². The van der Waals surface area contributed by atoms with Gasteiger partial charge in [0.2, 0.25) is 0 Å². The van der Waals surface area contributed by atoms with E-state index in [1.165, 1.54) is 5.56 Å². The molecule has 1 N–H and O–H groups in total. The second kappa shape index (κ2) is 5.83. The van der Waals surface area contributed by atoms with Crippen molar-refractivity contribution in [2.24, 2.45) is 0 Å². The molecule has 1 heterocycles. The van der Waals surface area contributed by atoms with Crippen LogP contribution in [-0.2, 0) is 12.0 Å². The second-order valence-corrected chi connectivity index (χ2v) is 6.09. The minimum atomic E-state index is -0.0807. The van der Waals surface area contributed by atoms with Crippen molar-refractivity contribution in [2.45, 2.75) is 31.7 Å². The summed E-state index contributed by atoms with van der Waals surface area (Å²) in [5, 5.41) is 6.95. The number of hydrogen-bond donors (Lipinski definition) is 1.